The van der Waals surface area contributed by atoms with Gasteiger partial charge in [0.05, 0.1) is 6.04 Å². The molecule has 0 bridgehead atoms. The molecule has 0 spiro atoms. The Bertz CT molecular complexity index is 600. The van der Waals surface area contributed by atoms with Crippen LogP contribution in [0.1, 0.15) is 18.5 Å². The maximum Gasteiger partial charge on any atom is 0.128 e. The topological polar surface area (TPSA) is 29.1 Å². The van der Waals surface area contributed by atoms with E-state index in [1.165, 1.54) is 6.07 Å². The normalized spacial score (nSPS) is 13.8. The number of nitrogens with one attached hydrogen (secondary N) is 1. The van der Waals surface area contributed by atoms with Gasteiger partial charge in [0.25, 0.3) is 0 Å². The fourth-order valence-corrected chi connectivity index (χ4v) is 2.48. The van der Waals surface area contributed by atoms with Gasteiger partial charge in [-0.25, -0.2) is 4.39 Å². The lowest BCUT2D eigenvalue weighted by Crippen LogP contribution is -2.08. The lowest BCUT2D eigenvalue weighted by molar-refractivity contribution is 0.600. The first-order valence-corrected chi connectivity index (χ1v) is 7.58. The van der Waals surface area contributed by atoms with Crippen molar-refractivity contribution in [3.63, 3.8) is 0 Å². The molecule has 0 radical (unpaired) electrons. The van der Waals surface area contributed by atoms with E-state index in [1.807, 2.05) is 37.3 Å². The Morgan fingerprint density at radius 3 is 2.58 bits per heavy atom. The minimum absolute atomic E-state index is 0.151. The summed E-state index contributed by atoms with van der Waals surface area (Å²) >= 11 is 0. The zero-order valence-corrected chi connectivity index (χ0v) is 11.7. The number of hydrogen-bond acceptors (Lipinski definition) is 2. The van der Waals surface area contributed by atoms with Crippen molar-refractivity contribution in [3.05, 3.63) is 59.9 Å². The summed E-state index contributed by atoms with van der Waals surface area (Å²) in [4.78, 5) is 0.755. The molecular formula is C15H16FNOS. The van der Waals surface area contributed by atoms with E-state index in [4.69, 9.17) is 0 Å². The van der Waals surface area contributed by atoms with Crippen LogP contribution in [0.2, 0.25) is 0 Å². The molecule has 1 N–H and O–H groups in total. The SMILES string of the molecule is C[C@@H](Nc1cccc([S@](C)=O)c1)c1ccccc1F. The van der Waals surface area contributed by atoms with Crippen molar-refractivity contribution < 1.29 is 8.60 Å². The van der Waals surface area contributed by atoms with Gasteiger partial charge in [0, 0.05) is 33.2 Å². The highest BCUT2D eigenvalue weighted by Crippen LogP contribution is 2.22. The third-order valence-corrected chi connectivity index (χ3v) is 3.84. The van der Waals surface area contributed by atoms with Gasteiger partial charge >= 0.3 is 0 Å². The van der Waals surface area contributed by atoms with E-state index >= 15 is 0 Å². The monoisotopic (exact) mass is 277 g/mol. The highest BCUT2D eigenvalue weighted by atomic mass is 32.2. The highest BCUT2D eigenvalue weighted by molar-refractivity contribution is 7.84. The molecule has 0 heterocycles. The van der Waals surface area contributed by atoms with Gasteiger partial charge in [-0.15, -0.1) is 0 Å². The molecule has 2 aromatic carbocycles. The summed E-state index contributed by atoms with van der Waals surface area (Å²) in [5.41, 5.74) is 1.45. The predicted octanol–water partition coefficient (Wildman–Crippen LogP) is 3.74. The van der Waals surface area contributed by atoms with E-state index in [0.29, 0.717) is 5.56 Å². The summed E-state index contributed by atoms with van der Waals surface area (Å²) in [5, 5.41) is 3.22. The van der Waals surface area contributed by atoms with Gasteiger partial charge in [-0.3, -0.25) is 4.21 Å². The first-order valence-electron chi connectivity index (χ1n) is 6.02. The Labute approximate surface area is 115 Å². The van der Waals surface area contributed by atoms with Crippen LogP contribution < -0.4 is 5.32 Å². The van der Waals surface area contributed by atoms with Crippen molar-refractivity contribution in [1.82, 2.24) is 0 Å². The molecule has 0 unspecified atom stereocenters. The highest BCUT2D eigenvalue weighted by Gasteiger charge is 2.10. The van der Waals surface area contributed by atoms with Crippen molar-refractivity contribution in [2.45, 2.75) is 17.9 Å². The molecule has 4 heteroatoms. The van der Waals surface area contributed by atoms with E-state index in [2.05, 4.69) is 5.32 Å². The van der Waals surface area contributed by atoms with Gasteiger partial charge in [-0.1, -0.05) is 24.3 Å². The Balaban J connectivity index is 2.19. The Morgan fingerprint density at radius 1 is 1.16 bits per heavy atom. The summed E-state index contributed by atoms with van der Waals surface area (Å²) < 4.78 is 25.1. The predicted molar refractivity (Wildman–Crippen MR) is 77.2 cm³/mol. The summed E-state index contributed by atoms with van der Waals surface area (Å²) in [5.74, 6) is -0.224. The second-order valence-electron chi connectivity index (χ2n) is 4.37. The summed E-state index contributed by atoms with van der Waals surface area (Å²) in [6.45, 7) is 1.90. The second-order valence-corrected chi connectivity index (χ2v) is 5.75. The smallest absolute Gasteiger partial charge is 0.128 e. The van der Waals surface area contributed by atoms with Crippen molar-refractivity contribution in [2.75, 3.05) is 11.6 Å². The fraction of sp³-hybridized carbons (Fsp3) is 0.200. The number of rotatable bonds is 4. The lowest BCUT2D eigenvalue weighted by Gasteiger charge is -2.16. The van der Waals surface area contributed by atoms with Crippen LogP contribution in [0.15, 0.2) is 53.4 Å². The lowest BCUT2D eigenvalue weighted by atomic mass is 10.1. The van der Waals surface area contributed by atoms with E-state index in [1.54, 1.807) is 18.4 Å². The molecule has 0 amide bonds. The molecule has 0 aliphatic rings. The van der Waals surface area contributed by atoms with Crippen LogP contribution in [0.4, 0.5) is 10.1 Å². The molecule has 100 valence electrons. The summed E-state index contributed by atoms with van der Waals surface area (Å²) in [6.07, 6.45) is 1.64. The van der Waals surface area contributed by atoms with Crippen LogP contribution in [0.5, 0.6) is 0 Å². The third kappa shape index (κ3) is 3.41. The van der Waals surface area contributed by atoms with Crippen molar-refractivity contribution in [3.8, 4) is 0 Å². The quantitative estimate of drug-likeness (QED) is 0.922. The molecule has 0 aliphatic carbocycles. The molecule has 0 saturated heterocycles. The number of benzene rings is 2. The van der Waals surface area contributed by atoms with Gasteiger partial charge in [-0.05, 0) is 31.2 Å². The number of anilines is 1. The summed E-state index contributed by atoms with van der Waals surface area (Å²) in [7, 11) is -1.02. The molecule has 0 aromatic heterocycles. The fourth-order valence-electron chi connectivity index (χ4n) is 1.92. The van der Waals surface area contributed by atoms with Gasteiger partial charge in [0.2, 0.25) is 0 Å². The van der Waals surface area contributed by atoms with E-state index in [9.17, 15) is 8.60 Å². The molecule has 0 saturated carbocycles. The molecule has 2 rings (SSSR count). The van der Waals surface area contributed by atoms with Crippen LogP contribution in [-0.2, 0) is 10.8 Å². The molecule has 19 heavy (non-hydrogen) atoms. The summed E-state index contributed by atoms with van der Waals surface area (Å²) in [6, 6.07) is 13.9. The zero-order chi connectivity index (χ0) is 13.8. The largest absolute Gasteiger partial charge is 0.378 e. The van der Waals surface area contributed by atoms with Gasteiger partial charge < -0.3 is 5.32 Å². The Kier molecular flexibility index (Phi) is 4.32. The second kappa shape index (κ2) is 5.97. The zero-order valence-electron chi connectivity index (χ0n) is 10.9. The standard InChI is InChI=1S/C15H16FNOS/c1-11(14-8-3-4-9-15(14)16)17-12-6-5-7-13(10-12)19(2)18/h3-11,17H,1-2H3/t11-,19+/m1/s1. The van der Waals surface area contributed by atoms with E-state index in [-0.39, 0.29) is 11.9 Å². The molecule has 0 aliphatic heterocycles. The minimum atomic E-state index is -1.02. The van der Waals surface area contributed by atoms with E-state index in [0.717, 1.165) is 10.6 Å². The van der Waals surface area contributed by atoms with Crippen LogP contribution >= 0.6 is 0 Å². The molecule has 2 aromatic rings. The third-order valence-electron chi connectivity index (χ3n) is 2.92. The van der Waals surface area contributed by atoms with Crippen LogP contribution in [0.3, 0.4) is 0 Å². The Morgan fingerprint density at radius 2 is 1.89 bits per heavy atom. The first kappa shape index (κ1) is 13.7. The van der Waals surface area contributed by atoms with Crippen molar-refractivity contribution in [1.29, 1.82) is 0 Å². The first-order chi connectivity index (χ1) is 9.08. The average Bonchev–Trinajstić information content (AvgIpc) is 2.39. The molecule has 2 atom stereocenters. The van der Waals surface area contributed by atoms with Gasteiger partial charge in [0.1, 0.15) is 5.82 Å². The van der Waals surface area contributed by atoms with Gasteiger partial charge in [0.15, 0.2) is 0 Å². The maximum absolute atomic E-state index is 13.7. The minimum Gasteiger partial charge on any atom is -0.378 e. The van der Waals surface area contributed by atoms with E-state index < -0.39 is 10.8 Å². The number of halogens is 1. The molecular weight excluding hydrogens is 261 g/mol. The van der Waals surface area contributed by atoms with Crippen molar-refractivity contribution in [2.24, 2.45) is 0 Å². The Hall–Kier alpha value is -1.68. The van der Waals surface area contributed by atoms with Crippen LogP contribution in [-0.4, -0.2) is 10.5 Å². The van der Waals surface area contributed by atoms with Crippen LogP contribution in [0, 0.1) is 5.82 Å². The average molecular weight is 277 g/mol. The number of hydrogen-bond donors (Lipinski definition) is 1. The van der Waals surface area contributed by atoms with Crippen LogP contribution in [0.25, 0.3) is 0 Å². The molecule has 0 fully saturated rings. The van der Waals surface area contributed by atoms with Gasteiger partial charge in [-0.2, -0.15) is 0 Å². The van der Waals surface area contributed by atoms with Crippen molar-refractivity contribution >= 4 is 16.5 Å². The maximum atomic E-state index is 13.7. The molecule has 2 nitrogen and oxygen atoms in total.